The van der Waals surface area contributed by atoms with E-state index in [1.165, 1.54) is 6.07 Å². The summed E-state index contributed by atoms with van der Waals surface area (Å²) in [4.78, 5) is 14.6. The number of carbonyl (C=O) groups is 1. The van der Waals surface area contributed by atoms with Crippen LogP contribution in [0.4, 0.5) is 10.1 Å². The SMILES string of the molecule is Nc1ccc(SCCCC(=O)N2CCOCC2)cc1F. The molecular weight excluding hydrogens is 279 g/mol. The van der Waals surface area contributed by atoms with Crippen LogP contribution in [0.5, 0.6) is 0 Å². The molecule has 0 atom stereocenters. The highest BCUT2D eigenvalue weighted by Gasteiger charge is 2.15. The Kier molecular flexibility index (Phi) is 5.67. The molecule has 1 aromatic rings. The highest BCUT2D eigenvalue weighted by Crippen LogP contribution is 2.23. The molecule has 1 amide bonds. The lowest BCUT2D eigenvalue weighted by molar-refractivity contribution is -0.135. The van der Waals surface area contributed by atoms with Gasteiger partial charge < -0.3 is 15.4 Å². The van der Waals surface area contributed by atoms with Crippen molar-refractivity contribution in [2.75, 3.05) is 37.8 Å². The Labute approximate surface area is 122 Å². The van der Waals surface area contributed by atoms with Gasteiger partial charge in [0.25, 0.3) is 0 Å². The average molecular weight is 298 g/mol. The zero-order valence-corrected chi connectivity index (χ0v) is 12.1. The predicted molar refractivity (Wildman–Crippen MR) is 78.2 cm³/mol. The van der Waals surface area contributed by atoms with Gasteiger partial charge in [-0.05, 0) is 30.4 Å². The first-order valence-electron chi connectivity index (χ1n) is 6.70. The molecular formula is C14H19FN2O2S. The molecule has 1 heterocycles. The van der Waals surface area contributed by atoms with Crippen LogP contribution in [0.1, 0.15) is 12.8 Å². The van der Waals surface area contributed by atoms with E-state index in [4.69, 9.17) is 10.5 Å². The van der Waals surface area contributed by atoms with Crippen molar-refractivity contribution in [2.45, 2.75) is 17.7 Å². The first kappa shape index (κ1) is 15.1. The largest absolute Gasteiger partial charge is 0.396 e. The minimum absolute atomic E-state index is 0.164. The van der Waals surface area contributed by atoms with Gasteiger partial charge in [0.15, 0.2) is 0 Å². The molecule has 0 aromatic heterocycles. The number of hydrogen-bond donors (Lipinski definition) is 1. The van der Waals surface area contributed by atoms with Crippen molar-refractivity contribution < 1.29 is 13.9 Å². The zero-order chi connectivity index (χ0) is 14.4. The van der Waals surface area contributed by atoms with Crippen molar-refractivity contribution in [3.8, 4) is 0 Å². The van der Waals surface area contributed by atoms with Crippen LogP contribution in [0.2, 0.25) is 0 Å². The molecule has 1 saturated heterocycles. The van der Waals surface area contributed by atoms with Crippen LogP contribution < -0.4 is 5.73 Å². The number of nitrogen functional groups attached to an aromatic ring is 1. The van der Waals surface area contributed by atoms with E-state index in [-0.39, 0.29) is 17.4 Å². The van der Waals surface area contributed by atoms with E-state index >= 15 is 0 Å². The molecule has 1 aromatic carbocycles. The second-order valence-electron chi connectivity index (χ2n) is 4.63. The lowest BCUT2D eigenvalue weighted by atomic mass is 10.3. The molecule has 110 valence electrons. The fraction of sp³-hybridized carbons (Fsp3) is 0.500. The maximum absolute atomic E-state index is 13.2. The second-order valence-corrected chi connectivity index (χ2v) is 5.80. The molecule has 1 fully saturated rings. The molecule has 0 bridgehead atoms. The third-order valence-electron chi connectivity index (χ3n) is 3.14. The fourth-order valence-corrected chi connectivity index (χ4v) is 2.86. The van der Waals surface area contributed by atoms with Crippen molar-refractivity contribution >= 4 is 23.4 Å². The molecule has 0 saturated carbocycles. The molecule has 0 radical (unpaired) electrons. The molecule has 2 N–H and O–H groups in total. The third-order valence-corrected chi connectivity index (χ3v) is 4.22. The van der Waals surface area contributed by atoms with E-state index in [9.17, 15) is 9.18 Å². The Morgan fingerprint density at radius 1 is 1.40 bits per heavy atom. The van der Waals surface area contributed by atoms with Crippen LogP contribution in [0.3, 0.4) is 0 Å². The van der Waals surface area contributed by atoms with Crippen molar-refractivity contribution in [3.05, 3.63) is 24.0 Å². The van der Waals surface area contributed by atoms with Crippen LogP contribution >= 0.6 is 11.8 Å². The molecule has 6 heteroatoms. The van der Waals surface area contributed by atoms with Gasteiger partial charge in [-0.3, -0.25) is 4.79 Å². The van der Waals surface area contributed by atoms with Crippen LogP contribution in [0.15, 0.2) is 23.1 Å². The molecule has 2 rings (SSSR count). The smallest absolute Gasteiger partial charge is 0.222 e. The lowest BCUT2D eigenvalue weighted by Gasteiger charge is -2.26. The maximum atomic E-state index is 13.2. The average Bonchev–Trinajstić information content (AvgIpc) is 2.48. The van der Waals surface area contributed by atoms with Gasteiger partial charge in [0.2, 0.25) is 5.91 Å². The van der Waals surface area contributed by atoms with Gasteiger partial charge in [-0.1, -0.05) is 0 Å². The summed E-state index contributed by atoms with van der Waals surface area (Å²) >= 11 is 1.54. The number of ether oxygens (including phenoxy) is 1. The Morgan fingerprint density at radius 3 is 2.85 bits per heavy atom. The number of rotatable bonds is 5. The van der Waals surface area contributed by atoms with Crippen molar-refractivity contribution in [2.24, 2.45) is 0 Å². The highest BCUT2D eigenvalue weighted by molar-refractivity contribution is 7.99. The predicted octanol–water partition coefficient (Wildman–Crippen LogP) is 2.14. The van der Waals surface area contributed by atoms with E-state index in [0.29, 0.717) is 32.7 Å². The zero-order valence-electron chi connectivity index (χ0n) is 11.3. The number of anilines is 1. The number of amides is 1. The standard InChI is InChI=1S/C14H19FN2O2S/c15-12-10-11(3-4-13(12)16)20-9-1-2-14(18)17-5-7-19-8-6-17/h3-4,10H,1-2,5-9,16H2. The van der Waals surface area contributed by atoms with Crippen molar-refractivity contribution in [1.29, 1.82) is 0 Å². The van der Waals surface area contributed by atoms with Crippen LogP contribution in [0.25, 0.3) is 0 Å². The van der Waals surface area contributed by atoms with Gasteiger partial charge in [0, 0.05) is 24.4 Å². The Bertz CT molecular complexity index is 464. The van der Waals surface area contributed by atoms with Gasteiger partial charge in [-0.2, -0.15) is 0 Å². The number of hydrogen-bond acceptors (Lipinski definition) is 4. The number of carbonyl (C=O) groups excluding carboxylic acids is 1. The molecule has 1 aliphatic rings. The fourth-order valence-electron chi connectivity index (χ4n) is 1.98. The number of benzene rings is 1. The Morgan fingerprint density at radius 2 is 2.15 bits per heavy atom. The van der Waals surface area contributed by atoms with Crippen LogP contribution in [0, 0.1) is 5.82 Å². The summed E-state index contributed by atoms with van der Waals surface area (Å²) in [5.41, 5.74) is 5.58. The molecule has 1 aliphatic heterocycles. The minimum atomic E-state index is -0.389. The maximum Gasteiger partial charge on any atom is 0.222 e. The summed E-state index contributed by atoms with van der Waals surface area (Å²) in [6.45, 7) is 2.64. The van der Waals surface area contributed by atoms with Gasteiger partial charge in [0.1, 0.15) is 5.82 Å². The topological polar surface area (TPSA) is 55.6 Å². The number of thioether (sulfide) groups is 1. The first-order valence-corrected chi connectivity index (χ1v) is 7.69. The van der Waals surface area contributed by atoms with Gasteiger partial charge in [-0.15, -0.1) is 11.8 Å². The molecule has 0 unspecified atom stereocenters. The van der Waals surface area contributed by atoms with Gasteiger partial charge in [0.05, 0.1) is 18.9 Å². The number of nitrogens with two attached hydrogens (primary N) is 1. The number of halogens is 1. The Balaban J connectivity index is 1.68. The summed E-state index contributed by atoms with van der Waals surface area (Å²) < 4.78 is 18.5. The molecule has 0 spiro atoms. The van der Waals surface area contributed by atoms with E-state index in [2.05, 4.69) is 0 Å². The lowest BCUT2D eigenvalue weighted by Crippen LogP contribution is -2.40. The van der Waals surface area contributed by atoms with Crippen LogP contribution in [-0.2, 0) is 9.53 Å². The van der Waals surface area contributed by atoms with E-state index < -0.39 is 0 Å². The van der Waals surface area contributed by atoms with Gasteiger partial charge >= 0.3 is 0 Å². The third kappa shape index (κ3) is 4.38. The monoisotopic (exact) mass is 298 g/mol. The van der Waals surface area contributed by atoms with Crippen molar-refractivity contribution in [1.82, 2.24) is 4.90 Å². The van der Waals surface area contributed by atoms with E-state index in [1.807, 2.05) is 4.90 Å². The highest BCUT2D eigenvalue weighted by atomic mass is 32.2. The Hall–Kier alpha value is -1.27. The first-order chi connectivity index (χ1) is 9.66. The summed E-state index contributed by atoms with van der Waals surface area (Å²) in [6, 6.07) is 4.80. The van der Waals surface area contributed by atoms with Crippen molar-refractivity contribution in [3.63, 3.8) is 0 Å². The summed E-state index contributed by atoms with van der Waals surface area (Å²) in [5, 5.41) is 0. The normalized spacial score (nSPS) is 15.3. The number of nitrogens with zero attached hydrogens (tertiary/aromatic N) is 1. The molecule has 20 heavy (non-hydrogen) atoms. The molecule has 4 nitrogen and oxygen atoms in total. The second kappa shape index (κ2) is 7.50. The van der Waals surface area contributed by atoms with E-state index in [0.717, 1.165) is 17.1 Å². The minimum Gasteiger partial charge on any atom is -0.396 e. The molecule has 0 aliphatic carbocycles. The number of morpholine rings is 1. The summed E-state index contributed by atoms with van der Waals surface area (Å²) in [7, 11) is 0. The quantitative estimate of drug-likeness (QED) is 0.514. The van der Waals surface area contributed by atoms with Gasteiger partial charge in [-0.25, -0.2) is 4.39 Å². The summed E-state index contributed by atoms with van der Waals surface area (Å²) in [5.74, 6) is 0.580. The van der Waals surface area contributed by atoms with E-state index in [1.54, 1.807) is 23.9 Å². The van der Waals surface area contributed by atoms with Crippen LogP contribution in [-0.4, -0.2) is 42.9 Å². The summed E-state index contributed by atoms with van der Waals surface area (Å²) in [6.07, 6.45) is 1.32.